The minimum Gasteiger partial charge on any atom is -0.465 e. The van der Waals surface area contributed by atoms with Crippen LogP contribution in [0.2, 0.25) is 0 Å². The van der Waals surface area contributed by atoms with E-state index in [9.17, 15) is 9.00 Å². The highest BCUT2D eigenvalue weighted by atomic mass is 32.2. The van der Waals surface area contributed by atoms with Crippen molar-refractivity contribution in [3.05, 3.63) is 35.9 Å². The van der Waals surface area contributed by atoms with E-state index in [1.165, 1.54) is 0 Å². The minimum atomic E-state index is -1.17. The highest BCUT2D eigenvalue weighted by Gasteiger charge is 2.36. The fourth-order valence-electron chi connectivity index (χ4n) is 2.06. The van der Waals surface area contributed by atoms with Gasteiger partial charge in [-0.3, -0.25) is 4.79 Å². The van der Waals surface area contributed by atoms with E-state index < -0.39 is 17.0 Å². The molecule has 1 saturated heterocycles. The van der Waals surface area contributed by atoms with E-state index >= 15 is 0 Å². The third kappa shape index (κ3) is 3.17. The van der Waals surface area contributed by atoms with Crippen LogP contribution in [0.3, 0.4) is 0 Å². The van der Waals surface area contributed by atoms with Crippen molar-refractivity contribution in [2.75, 3.05) is 6.61 Å². The van der Waals surface area contributed by atoms with Gasteiger partial charge in [0.25, 0.3) is 0 Å². The van der Waals surface area contributed by atoms with Gasteiger partial charge in [0.2, 0.25) is 0 Å². The first kappa shape index (κ1) is 13.2. The van der Waals surface area contributed by atoms with Crippen LogP contribution in [0.25, 0.3) is 0 Å². The third-order valence-corrected chi connectivity index (χ3v) is 4.42. The maximum Gasteiger partial charge on any atom is 0.324 e. The lowest BCUT2D eigenvalue weighted by atomic mass is 10.0. The van der Waals surface area contributed by atoms with E-state index in [1.54, 1.807) is 6.92 Å². The van der Waals surface area contributed by atoms with E-state index in [0.29, 0.717) is 13.0 Å². The topological polar surface area (TPSA) is 55.4 Å². The molecule has 5 heteroatoms. The van der Waals surface area contributed by atoms with Gasteiger partial charge in [0.1, 0.15) is 6.04 Å². The summed E-state index contributed by atoms with van der Waals surface area (Å²) in [7, 11) is -1.17. The highest BCUT2D eigenvalue weighted by Crippen LogP contribution is 2.19. The molecule has 18 heavy (non-hydrogen) atoms. The molecule has 0 amide bonds. The van der Waals surface area contributed by atoms with Gasteiger partial charge in [-0.25, -0.2) is 8.93 Å². The predicted molar refractivity (Wildman–Crippen MR) is 70.3 cm³/mol. The van der Waals surface area contributed by atoms with Gasteiger partial charge < -0.3 is 4.74 Å². The Morgan fingerprint density at radius 3 is 2.83 bits per heavy atom. The molecule has 2 rings (SSSR count). The van der Waals surface area contributed by atoms with Crippen LogP contribution in [-0.4, -0.2) is 28.1 Å². The number of esters is 1. The molecule has 3 atom stereocenters. The summed E-state index contributed by atoms with van der Waals surface area (Å²) >= 11 is 0. The summed E-state index contributed by atoms with van der Waals surface area (Å²) in [5, 5.41) is -0.0261. The SMILES string of the molecule is CCOC(=O)[C@@H]1C[C@@H](Cc2ccccc2)S(=O)N1. The summed E-state index contributed by atoms with van der Waals surface area (Å²) in [5.41, 5.74) is 1.14. The van der Waals surface area contributed by atoms with Gasteiger partial charge in [-0.1, -0.05) is 30.3 Å². The number of ether oxygens (including phenoxy) is 1. The second kappa shape index (κ2) is 6.11. The second-order valence-corrected chi connectivity index (χ2v) is 5.76. The van der Waals surface area contributed by atoms with Crippen molar-refractivity contribution in [3.63, 3.8) is 0 Å². The molecule has 0 radical (unpaired) electrons. The van der Waals surface area contributed by atoms with E-state index in [4.69, 9.17) is 4.74 Å². The highest BCUT2D eigenvalue weighted by molar-refractivity contribution is 7.84. The summed E-state index contributed by atoms with van der Waals surface area (Å²) < 4.78 is 19.6. The van der Waals surface area contributed by atoms with Crippen molar-refractivity contribution < 1.29 is 13.7 Å². The minimum absolute atomic E-state index is 0.0261. The zero-order valence-electron chi connectivity index (χ0n) is 10.3. The van der Waals surface area contributed by atoms with Crippen LogP contribution >= 0.6 is 0 Å². The van der Waals surface area contributed by atoms with Gasteiger partial charge >= 0.3 is 5.97 Å². The molecule has 1 aromatic rings. The first-order chi connectivity index (χ1) is 8.70. The molecule has 0 saturated carbocycles. The van der Waals surface area contributed by atoms with Crippen molar-refractivity contribution in [1.29, 1.82) is 0 Å². The third-order valence-electron chi connectivity index (χ3n) is 2.94. The van der Waals surface area contributed by atoms with Crippen LogP contribution in [0.15, 0.2) is 30.3 Å². The van der Waals surface area contributed by atoms with Gasteiger partial charge in [-0.05, 0) is 25.3 Å². The maximum absolute atomic E-state index is 11.9. The standard InChI is InChI=1S/C13H17NO3S/c1-2-17-13(15)12-9-11(18(16)14-12)8-10-6-4-3-5-7-10/h3-7,11-12,14H,2,8-9H2,1H3/t11-,12+,18?/m1/s1. The van der Waals surface area contributed by atoms with Gasteiger partial charge in [0.05, 0.1) is 22.8 Å². The first-order valence-corrected chi connectivity index (χ1v) is 7.29. The van der Waals surface area contributed by atoms with Crippen LogP contribution in [-0.2, 0) is 26.9 Å². The molecular formula is C13H17NO3S. The Morgan fingerprint density at radius 2 is 2.17 bits per heavy atom. The largest absolute Gasteiger partial charge is 0.465 e. The molecule has 0 bridgehead atoms. The van der Waals surface area contributed by atoms with Gasteiger partial charge in [0, 0.05) is 0 Å². The fourth-order valence-corrected chi connectivity index (χ4v) is 3.43. The quantitative estimate of drug-likeness (QED) is 0.834. The number of nitrogens with one attached hydrogen (secondary N) is 1. The van der Waals surface area contributed by atoms with Crippen LogP contribution in [0, 0.1) is 0 Å². The summed E-state index contributed by atoms with van der Waals surface area (Å²) in [6, 6.07) is 9.46. The molecule has 1 aliphatic heterocycles. The van der Waals surface area contributed by atoms with E-state index in [2.05, 4.69) is 4.72 Å². The predicted octanol–water partition coefficient (Wildman–Crippen LogP) is 1.19. The second-order valence-electron chi connectivity index (χ2n) is 4.27. The number of carbonyl (C=O) groups excluding carboxylic acids is 1. The Balaban J connectivity index is 1.95. The Kier molecular flexibility index (Phi) is 4.49. The van der Waals surface area contributed by atoms with E-state index in [1.807, 2.05) is 30.3 Å². The summed E-state index contributed by atoms with van der Waals surface area (Å²) in [4.78, 5) is 11.6. The van der Waals surface area contributed by atoms with Crippen molar-refractivity contribution in [3.8, 4) is 0 Å². The van der Waals surface area contributed by atoms with Gasteiger partial charge in [-0.15, -0.1) is 0 Å². The van der Waals surface area contributed by atoms with Crippen LogP contribution < -0.4 is 4.72 Å². The van der Waals surface area contributed by atoms with Gasteiger partial charge in [0.15, 0.2) is 0 Å². The van der Waals surface area contributed by atoms with Gasteiger partial charge in [-0.2, -0.15) is 0 Å². The van der Waals surface area contributed by atoms with Crippen molar-refractivity contribution in [2.45, 2.75) is 31.1 Å². The zero-order chi connectivity index (χ0) is 13.0. The summed E-state index contributed by atoms with van der Waals surface area (Å²) in [5.74, 6) is -0.304. The Hall–Kier alpha value is -1.20. The molecule has 0 spiro atoms. The zero-order valence-corrected chi connectivity index (χ0v) is 11.1. The summed E-state index contributed by atoms with van der Waals surface area (Å²) in [6.07, 6.45) is 1.29. The summed E-state index contributed by atoms with van der Waals surface area (Å²) in [6.45, 7) is 2.12. The smallest absolute Gasteiger partial charge is 0.324 e. The molecule has 1 aromatic carbocycles. The molecule has 1 aliphatic rings. The fraction of sp³-hybridized carbons (Fsp3) is 0.462. The molecule has 1 N–H and O–H groups in total. The average molecular weight is 267 g/mol. The number of benzene rings is 1. The van der Waals surface area contributed by atoms with Crippen molar-refractivity contribution >= 4 is 17.0 Å². The lowest BCUT2D eigenvalue weighted by molar-refractivity contribution is -0.145. The maximum atomic E-state index is 11.9. The molecule has 1 fully saturated rings. The Bertz CT molecular complexity index is 435. The average Bonchev–Trinajstić information content (AvgIpc) is 2.73. The lowest BCUT2D eigenvalue weighted by Gasteiger charge is -2.08. The van der Waals surface area contributed by atoms with Crippen LogP contribution in [0.4, 0.5) is 0 Å². The molecule has 1 heterocycles. The first-order valence-electron chi connectivity index (χ1n) is 6.08. The number of rotatable bonds is 4. The molecule has 0 aromatic heterocycles. The van der Waals surface area contributed by atoms with Crippen molar-refractivity contribution in [1.82, 2.24) is 4.72 Å². The van der Waals surface area contributed by atoms with Crippen LogP contribution in [0.1, 0.15) is 18.9 Å². The Morgan fingerprint density at radius 1 is 1.44 bits per heavy atom. The van der Waals surface area contributed by atoms with Crippen LogP contribution in [0.5, 0.6) is 0 Å². The molecule has 1 unspecified atom stereocenters. The molecule has 98 valence electrons. The number of hydrogen-bond acceptors (Lipinski definition) is 3. The number of hydrogen-bond donors (Lipinski definition) is 1. The molecular weight excluding hydrogens is 250 g/mol. The van der Waals surface area contributed by atoms with E-state index in [0.717, 1.165) is 12.0 Å². The Labute approximate surface area is 109 Å². The molecule has 0 aliphatic carbocycles. The molecule has 4 nitrogen and oxygen atoms in total. The van der Waals surface area contributed by atoms with Crippen molar-refractivity contribution in [2.24, 2.45) is 0 Å². The van der Waals surface area contributed by atoms with E-state index in [-0.39, 0.29) is 11.2 Å². The monoisotopic (exact) mass is 267 g/mol. The lowest BCUT2D eigenvalue weighted by Crippen LogP contribution is -2.32. The normalized spacial score (nSPS) is 27.1. The number of carbonyl (C=O) groups is 1.